The van der Waals surface area contributed by atoms with E-state index in [0.717, 1.165) is 12.1 Å². The van der Waals surface area contributed by atoms with Gasteiger partial charge in [-0.25, -0.2) is 36.3 Å². The van der Waals surface area contributed by atoms with Gasteiger partial charge in [0.25, 0.3) is 18.4 Å². The minimum absolute atomic E-state index is 0.0729. The highest BCUT2D eigenvalue weighted by Gasteiger charge is 2.19. The first-order valence-corrected chi connectivity index (χ1v) is 11.0. The van der Waals surface area contributed by atoms with Crippen molar-refractivity contribution >= 4 is 53.7 Å². The Labute approximate surface area is 208 Å². The minimum atomic E-state index is -2.94. The van der Waals surface area contributed by atoms with Gasteiger partial charge in [0.05, 0.1) is 17.4 Å². The molecule has 0 amide bonds. The Kier molecular flexibility index (Phi) is 8.66. The molecular formula is C20H12Br2F6N4O3. The number of aliphatic hydroxyl groups excluding tert-OH is 1. The highest BCUT2D eigenvalue weighted by Crippen LogP contribution is 2.30. The number of hydrogen-bond donors (Lipinski definition) is 2. The average Bonchev–Trinajstić information content (AvgIpc) is 2.78. The van der Waals surface area contributed by atoms with Crippen LogP contribution in [0.5, 0.6) is 5.88 Å². The first kappa shape index (κ1) is 26.8. The number of halogens is 8. The van der Waals surface area contributed by atoms with E-state index in [9.17, 15) is 31.1 Å². The number of hydrogen-bond acceptors (Lipinski definition) is 6. The predicted molar refractivity (Wildman–Crippen MR) is 120 cm³/mol. The predicted octanol–water partition coefficient (Wildman–Crippen LogP) is 5.60. The van der Waals surface area contributed by atoms with E-state index < -0.39 is 41.7 Å². The molecule has 2 aromatic heterocycles. The van der Waals surface area contributed by atoms with Crippen LogP contribution in [-0.2, 0) is 0 Å². The molecule has 0 radical (unpaired) electrons. The molecule has 7 nitrogen and oxygen atoms in total. The maximum atomic E-state index is 13.7. The first-order valence-electron chi connectivity index (χ1n) is 9.37. The number of benzene rings is 2. The maximum absolute atomic E-state index is 13.7. The molecule has 4 rings (SSSR count). The molecule has 0 aliphatic rings. The van der Waals surface area contributed by atoms with Gasteiger partial charge in [0.15, 0.2) is 23.3 Å². The Morgan fingerprint density at radius 3 is 2.00 bits per heavy atom. The van der Waals surface area contributed by atoms with Crippen molar-refractivity contribution < 1.29 is 36.2 Å². The van der Waals surface area contributed by atoms with E-state index in [1.807, 2.05) is 4.98 Å². The second-order valence-corrected chi connectivity index (χ2v) is 8.41. The topological polar surface area (TPSA) is 101 Å². The lowest BCUT2D eigenvalue weighted by atomic mass is 10.2. The maximum Gasteiger partial charge on any atom is 0.297 e. The molecule has 0 saturated carbocycles. The number of ether oxygens (including phenoxy) is 1. The largest absolute Gasteiger partial charge is 0.475 e. The molecule has 35 heavy (non-hydrogen) atoms. The zero-order valence-corrected chi connectivity index (χ0v) is 20.2. The lowest BCUT2D eigenvalue weighted by molar-refractivity contribution is 0.138. The van der Waals surface area contributed by atoms with Crippen LogP contribution in [0, 0.1) is 11.6 Å². The summed E-state index contributed by atoms with van der Waals surface area (Å²) in [5.74, 6) is -3.42. The van der Waals surface area contributed by atoms with Crippen LogP contribution in [0.2, 0.25) is 0 Å². The summed E-state index contributed by atoms with van der Waals surface area (Å²) in [5.41, 5.74) is -1.40. The fourth-order valence-electron chi connectivity index (χ4n) is 2.78. The van der Waals surface area contributed by atoms with Gasteiger partial charge in [0.1, 0.15) is 17.6 Å². The van der Waals surface area contributed by atoms with Crippen molar-refractivity contribution in [1.82, 2.24) is 19.9 Å². The second kappa shape index (κ2) is 11.3. The second-order valence-electron chi connectivity index (χ2n) is 6.58. The molecule has 0 atom stereocenters. The van der Waals surface area contributed by atoms with Gasteiger partial charge in [-0.05, 0) is 24.3 Å². The SMILES string of the molecule is O=c1[nH]c(C(F)F)nc2c(F)cc(Br)cc12.OCCOc1nc(C(F)F)nc2c(F)cc(Br)cc12. The van der Waals surface area contributed by atoms with Gasteiger partial charge < -0.3 is 14.8 Å². The van der Waals surface area contributed by atoms with Crippen LogP contribution < -0.4 is 10.3 Å². The smallest absolute Gasteiger partial charge is 0.297 e. The molecule has 2 aromatic carbocycles. The van der Waals surface area contributed by atoms with Crippen molar-refractivity contribution in [3.63, 3.8) is 0 Å². The van der Waals surface area contributed by atoms with E-state index in [2.05, 4.69) is 46.8 Å². The molecule has 0 fully saturated rings. The third-order valence-electron chi connectivity index (χ3n) is 4.18. The van der Waals surface area contributed by atoms with Crippen molar-refractivity contribution in [2.75, 3.05) is 13.2 Å². The molecule has 2 N–H and O–H groups in total. The lowest BCUT2D eigenvalue weighted by Gasteiger charge is -2.10. The number of aromatic nitrogens is 4. The van der Waals surface area contributed by atoms with Crippen molar-refractivity contribution in [2.24, 2.45) is 0 Å². The van der Waals surface area contributed by atoms with Gasteiger partial charge in [-0.1, -0.05) is 31.9 Å². The number of fused-ring (bicyclic) bond motifs is 2. The summed E-state index contributed by atoms with van der Waals surface area (Å²) in [6, 6.07) is 4.95. The minimum Gasteiger partial charge on any atom is -0.475 e. The van der Waals surface area contributed by atoms with E-state index in [4.69, 9.17) is 9.84 Å². The van der Waals surface area contributed by atoms with Crippen LogP contribution in [0.15, 0.2) is 38.0 Å². The third kappa shape index (κ3) is 6.27. The summed E-state index contributed by atoms with van der Waals surface area (Å²) in [7, 11) is 0. The van der Waals surface area contributed by atoms with Crippen LogP contribution in [0.25, 0.3) is 21.8 Å². The molecule has 0 aliphatic heterocycles. The van der Waals surface area contributed by atoms with Crippen LogP contribution in [0.1, 0.15) is 24.5 Å². The van der Waals surface area contributed by atoms with Crippen LogP contribution in [0.3, 0.4) is 0 Å². The summed E-state index contributed by atoms with van der Waals surface area (Å²) in [5, 5.41) is 8.77. The number of aliphatic hydroxyl groups is 1. The number of rotatable bonds is 5. The molecule has 186 valence electrons. The Hall–Kier alpha value is -2.78. The molecule has 4 aromatic rings. The molecule has 15 heteroatoms. The van der Waals surface area contributed by atoms with Crippen molar-refractivity contribution in [1.29, 1.82) is 0 Å². The summed E-state index contributed by atoms with van der Waals surface area (Å²) in [4.78, 5) is 23.7. The van der Waals surface area contributed by atoms with E-state index in [1.54, 1.807) is 0 Å². The number of alkyl halides is 4. The van der Waals surface area contributed by atoms with Gasteiger partial charge in [-0.3, -0.25) is 4.79 Å². The zero-order chi connectivity index (χ0) is 25.9. The molecular weight excluding hydrogens is 618 g/mol. The van der Waals surface area contributed by atoms with Gasteiger partial charge >= 0.3 is 0 Å². The van der Waals surface area contributed by atoms with Gasteiger partial charge in [0.2, 0.25) is 5.88 Å². The Morgan fingerprint density at radius 2 is 1.46 bits per heavy atom. The van der Waals surface area contributed by atoms with E-state index in [0.29, 0.717) is 8.95 Å². The normalized spacial score (nSPS) is 11.3. The zero-order valence-electron chi connectivity index (χ0n) is 17.0. The van der Waals surface area contributed by atoms with Gasteiger partial charge in [-0.2, -0.15) is 4.98 Å². The molecule has 0 saturated heterocycles. The summed E-state index contributed by atoms with van der Waals surface area (Å²) in [6.07, 6.45) is -5.89. The summed E-state index contributed by atoms with van der Waals surface area (Å²) >= 11 is 6.08. The highest BCUT2D eigenvalue weighted by atomic mass is 79.9. The monoisotopic (exact) mass is 628 g/mol. The van der Waals surface area contributed by atoms with Gasteiger partial charge in [-0.15, -0.1) is 0 Å². The lowest BCUT2D eigenvalue weighted by Crippen LogP contribution is -2.13. The Balaban J connectivity index is 0.000000198. The number of nitrogens with zero attached hydrogens (tertiary/aromatic N) is 3. The van der Waals surface area contributed by atoms with Crippen LogP contribution in [-0.4, -0.2) is 38.3 Å². The van der Waals surface area contributed by atoms with Crippen molar-refractivity contribution in [2.45, 2.75) is 12.9 Å². The average molecular weight is 630 g/mol. The van der Waals surface area contributed by atoms with E-state index in [-0.39, 0.29) is 40.9 Å². The Morgan fingerprint density at radius 1 is 0.886 bits per heavy atom. The molecule has 0 bridgehead atoms. The first-order chi connectivity index (χ1) is 16.5. The van der Waals surface area contributed by atoms with Crippen LogP contribution >= 0.6 is 31.9 Å². The van der Waals surface area contributed by atoms with Gasteiger partial charge in [0, 0.05) is 8.95 Å². The molecule has 0 unspecified atom stereocenters. The standard InChI is InChI=1S/C11H8BrF3N2O2.C9H4BrF3N2O/c12-5-3-6-8(7(13)4-5)16-10(9(14)15)17-11(6)19-2-1-18;10-3-1-4-6(5(11)2-3)14-8(7(12)13)15-9(4)16/h3-4,9,18H,1-2H2;1-2,7H,(H,14,15,16). The third-order valence-corrected chi connectivity index (χ3v) is 5.10. The van der Waals surface area contributed by atoms with Crippen molar-refractivity contribution in [3.8, 4) is 5.88 Å². The summed E-state index contributed by atoms with van der Waals surface area (Å²) < 4.78 is 82.8. The Bertz CT molecular complexity index is 1440. The summed E-state index contributed by atoms with van der Waals surface area (Å²) in [6.45, 7) is -0.449. The number of H-pyrrole nitrogens is 1. The molecule has 2 heterocycles. The van der Waals surface area contributed by atoms with E-state index in [1.165, 1.54) is 12.1 Å². The number of nitrogens with one attached hydrogen (secondary N) is 1. The fourth-order valence-corrected chi connectivity index (χ4v) is 3.64. The quantitative estimate of drug-likeness (QED) is 0.279. The van der Waals surface area contributed by atoms with Crippen molar-refractivity contribution in [3.05, 3.63) is 66.8 Å². The highest BCUT2D eigenvalue weighted by molar-refractivity contribution is 9.10. The fraction of sp³-hybridized carbons (Fsp3) is 0.200. The number of aromatic amines is 1. The van der Waals surface area contributed by atoms with E-state index >= 15 is 0 Å². The van der Waals surface area contributed by atoms with Crippen LogP contribution in [0.4, 0.5) is 26.3 Å². The molecule has 0 aliphatic carbocycles. The molecule has 0 spiro atoms.